The van der Waals surface area contributed by atoms with Crippen molar-refractivity contribution >= 4 is 44.9 Å². The predicted octanol–water partition coefficient (Wildman–Crippen LogP) is 1.30. The molecule has 4 N–H and O–H groups in total. The fraction of sp³-hybridized carbons (Fsp3) is 0.429. The van der Waals surface area contributed by atoms with Crippen molar-refractivity contribution in [2.45, 2.75) is 37.6 Å². The summed E-state index contributed by atoms with van der Waals surface area (Å²) in [7, 11) is -3.68. The molecule has 0 radical (unpaired) electrons. The zero-order valence-corrected chi connectivity index (χ0v) is 16.0. The second-order valence-electron chi connectivity index (χ2n) is 5.98. The van der Waals surface area contributed by atoms with Gasteiger partial charge in [-0.2, -0.15) is 0 Å². The molecule has 0 atom stereocenters. The van der Waals surface area contributed by atoms with E-state index in [1.165, 1.54) is 24.3 Å². The molecule has 1 aromatic rings. The topological polar surface area (TPSA) is 99.3 Å². The van der Waals surface area contributed by atoms with E-state index >= 15 is 0 Å². The average Bonchev–Trinajstić information content (AvgIpc) is 2.43. The van der Waals surface area contributed by atoms with E-state index in [-0.39, 0.29) is 28.5 Å². The number of hydrogen-bond donors (Lipinski definition) is 4. The molecule has 0 aliphatic heterocycles. The summed E-state index contributed by atoms with van der Waals surface area (Å²) in [6, 6.07) is 5.75. The molecule has 7 nitrogen and oxygen atoms in total. The molecule has 0 heterocycles. The Hall–Kier alpha value is -1.42. The zero-order valence-electron chi connectivity index (χ0n) is 13.6. The van der Waals surface area contributed by atoms with Gasteiger partial charge in [0, 0.05) is 23.5 Å². The van der Waals surface area contributed by atoms with E-state index < -0.39 is 15.9 Å². The highest BCUT2D eigenvalue weighted by Gasteiger charge is 2.14. The first-order valence-corrected chi connectivity index (χ1v) is 9.39. The van der Waals surface area contributed by atoms with Crippen LogP contribution in [-0.4, -0.2) is 31.5 Å². The van der Waals surface area contributed by atoms with Gasteiger partial charge in [0.2, 0.25) is 15.9 Å². The number of carbonyl (C=O) groups excluding carboxylic acids is 1. The third-order valence-corrected chi connectivity index (χ3v) is 4.51. The minimum Gasteiger partial charge on any atom is -0.357 e. The molecule has 1 rings (SSSR count). The van der Waals surface area contributed by atoms with E-state index in [1.54, 1.807) is 0 Å². The van der Waals surface area contributed by atoms with E-state index in [0.29, 0.717) is 5.02 Å². The maximum Gasteiger partial charge on any atom is 0.240 e. The summed E-state index contributed by atoms with van der Waals surface area (Å²) < 4.78 is 26.4. The molecule has 134 valence electrons. The van der Waals surface area contributed by atoms with Gasteiger partial charge < -0.3 is 5.32 Å². The first-order valence-electron chi connectivity index (χ1n) is 7.12. The molecular weight excluding hydrogens is 372 g/mol. The van der Waals surface area contributed by atoms with Gasteiger partial charge in [0.25, 0.3) is 0 Å². The van der Waals surface area contributed by atoms with Gasteiger partial charge in [0.15, 0.2) is 5.11 Å². The Morgan fingerprint density at radius 1 is 1.17 bits per heavy atom. The Kier molecular flexibility index (Phi) is 7.40. The van der Waals surface area contributed by atoms with Crippen molar-refractivity contribution in [3.05, 3.63) is 29.3 Å². The lowest BCUT2D eigenvalue weighted by atomic mass is 10.1. The fourth-order valence-corrected chi connectivity index (χ4v) is 3.07. The first kappa shape index (κ1) is 20.6. The highest BCUT2D eigenvalue weighted by Crippen LogP contribution is 2.13. The summed E-state index contributed by atoms with van der Waals surface area (Å²) >= 11 is 10.7. The van der Waals surface area contributed by atoms with Crippen LogP contribution in [0.4, 0.5) is 0 Å². The lowest BCUT2D eigenvalue weighted by molar-refractivity contribution is -0.121. The van der Waals surface area contributed by atoms with E-state index in [4.69, 9.17) is 23.8 Å². The van der Waals surface area contributed by atoms with Crippen LogP contribution in [0.25, 0.3) is 0 Å². The monoisotopic (exact) mass is 392 g/mol. The van der Waals surface area contributed by atoms with E-state index in [1.807, 2.05) is 20.8 Å². The van der Waals surface area contributed by atoms with Crippen molar-refractivity contribution in [3.8, 4) is 0 Å². The summed E-state index contributed by atoms with van der Waals surface area (Å²) in [6.45, 7) is 5.73. The van der Waals surface area contributed by atoms with Gasteiger partial charge in [0.05, 0.1) is 4.90 Å². The van der Waals surface area contributed by atoms with Crippen LogP contribution in [0.5, 0.6) is 0 Å². The number of thiocarbonyl (C=S) groups is 1. The van der Waals surface area contributed by atoms with Crippen molar-refractivity contribution in [2.24, 2.45) is 0 Å². The van der Waals surface area contributed by atoms with Crippen LogP contribution in [0.3, 0.4) is 0 Å². The standard InChI is InChI=1S/C14H21ClN4O3S2/c1-14(2,3)17-13(23)19-18-12(20)8-9-16-24(21,22)11-6-4-10(15)5-7-11/h4-7,16H,8-9H2,1-3H3,(H,18,20)(H2,17,19,23). The summed E-state index contributed by atoms with van der Waals surface area (Å²) in [5.41, 5.74) is 4.71. The van der Waals surface area contributed by atoms with Gasteiger partial charge in [-0.25, -0.2) is 13.1 Å². The van der Waals surface area contributed by atoms with Crippen molar-refractivity contribution in [1.82, 2.24) is 20.9 Å². The highest BCUT2D eigenvalue weighted by atomic mass is 35.5. The number of halogens is 1. The van der Waals surface area contributed by atoms with Crippen molar-refractivity contribution in [2.75, 3.05) is 6.54 Å². The molecule has 0 saturated carbocycles. The number of hydrazine groups is 1. The lowest BCUT2D eigenvalue weighted by Crippen LogP contribution is -2.52. The number of rotatable bonds is 5. The Balaban J connectivity index is 2.37. The molecule has 1 amide bonds. The normalized spacial score (nSPS) is 11.7. The minimum atomic E-state index is -3.68. The molecule has 0 bridgehead atoms. The average molecular weight is 393 g/mol. The van der Waals surface area contributed by atoms with Crippen LogP contribution in [0.1, 0.15) is 27.2 Å². The van der Waals surface area contributed by atoms with Crippen LogP contribution < -0.4 is 20.9 Å². The van der Waals surface area contributed by atoms with Crippen molar-refractivity contribution in [3.63, 3.8) is 0 Å². The van der Waals surface area contributed by atoms with Crippen LogP contribution >= 0.6 is 23.8 Å². The van der Waals surface area contributed by atoms with Gasteiger partial charge in [-0.05, 0) is 57.3 Å². The third-order valence-electron chi connectivity index (χ3n) is 2.57. The predicted molar refractivity (Wildman–Crippen MR) is 98.0 cm³/mol. The zero-order chi connectivity index (χ0) is 18.4. The van der Waals surface area contributed by atoms with Gasteiger partial charge in [-0.3, -0.25) is 15.6 Å². The molecule has 0 aliphatic carbocycles. The van der Waals surface area contributed by atoms with Crippen LogP contribution in [0.2, 0.25) is 5.02 Å². The van der Waals surface area contributed by atoms with E-state index in [0.717, 1.165) is 0 Å². The van der Waals surface area contributed by atoms with Crippen LogP contribution in [-0.2, 0) is 14.8 Å². The van der Waals surface area contributed by atoms with Crippen molar-refractivity contribution < 1.29 is 13.2 Å². The van der Waals surface area contributed by atoms with Gasteiger partial charge >= 0.3 is 0 Å². The Morgan fingerprint density at radius 3 is 2.29 bits per heavy atom. The molecule has 10 heteroatoms. The fourth-order valence-electron chi connectivity index (χ4n) is 1.56. The second-order valence-corrected chi connectivity index (χ2v) is 8.59. The second kappa shape index (κ2) is 8.61. The van der Waals surface area contributed by atoms with E-state index in [9.17, 15) is 13.2 Å². The Morgan fingerprint density at radius 2 is 1.75 bits per heavy atom. The summed E-state index contributed by atoms with van der Waals surface area (Å²) in [6.07, 6.45) is -0.0437. The number of hydrogen-bond acceptors (Lipinski definition) is 4. The van der Waals surface area contributed by atoms with Crippen LogP contribution in [0, 0.1) is 0 Å². The largest absolute Gasteiger partial charge is 0.357 e. The summed E-state index contributed by atoms with van der Waals surface area (Å²) in [5, 5.41) is 3.68. The molecule has 0 aromatic heterocycles. The number of carbonyl (C=O) groups is 1. The van der Waals surface area contributed by atoms with Crippen molar-refractivity contribution in [1.29, 1.82) is 0 Å². The summed E-state index contributed by atoms with van der Waals surface area (Å²) in [5.74, 6) is -0.396. The highest BCUT2D eigenvalue weighted by molar-refractivity contribution is 7.89. The molecule has 0 unspecified atom stereocenters. The molecule has 1 aromatic carbocycles. The molecule has 0 aliphatic rings. The molecule has 0 fully saturated rings. The maximum absolute atomic E-state index is 12.0. The minimum absolute atomic E-state index is 0.0437. The Labute approximate surface area is 152 Å². The number of sulfonamides is 1. The van der Waals surface area contributed by atoms with Gasteiger partial charge in [0.1, 0.15) is 0 Å². The number of nitrogens with one attached hydrogen (secondary N) is 4. The number of amides is 1. The summed E-state index contributed by atoms with van der Waals surface area (Å²) in [4.78, 5) is 11.8. The van der Waals surface area contributed by atoms with Crippen LogP contribution in [0.15, 0.2) is 29.2 Å². The Bertz CT molecular complexity index is 685. The first-order chi connectivity index (χ1) is 11.0. The molecule has 0 spiro atoms. The number of benzene rings is 1. The molecule has 24 heavy (non-hydrogen) atoms. The molecular formula is C14H21ClN4O3S2. The smallest absolute Gasteiger partial charge is 0.240 e. The molecule has 0 saturated heterocycles. The van der Waals surface area contributed by atoms with Gasteiger partial charge in [-0.15, -0.1) is 0 Å². The maximum atomic E-state index is 12.0. The lowest BCUT2D eigenvalue weighted by Gasteiger charge is -2.23. The quantitative estimate of drug-likeness (QED) is 0.445. The SMILES string of the molecule is CC(C)(C)NC(=S)NNC(=O)CCNS(=O)(=O)c1ccc(Cl)cc1. The van der Waals surface area contributed by atoms with Gasteiger partial charge in [-0.1, -0.05) is 11.6 Å². The third kappa shape index (κ3) is 7.91. The van der Waals surface area contributed by atoms with E-state index in [2.05, 4.69) is 20.9 Å².